The summed E-state index contributed by atoms with van der Waals surface area (Å²) < 4.78 is 28.4. The summed E-state index contributed by atoms with van der Waals surface area (Å²) in [5.41, 5.74) is 0. The molecule has 234 valence electrons. The van der Waals surface area contributed by atoms with Crippen LogP contribution in [0.25, 0.3) is 0 Å². The molecule has 7 N–H and O–H groups in total. The van der Waals surface area contributed by atoms with Crippen molar-refractivity contribution < 1.29 is 76.3 Å². The van der Waals surface area contributed by atoms with Gasteiger partial charge in [-0.2, -0.15) is 0 Å². The number of nitrogens with zero attached hydrogens (tertiary/aromatic N) is 1. The molecule has 0 aromatic rings. The van der Waals surface area contributed by atoms with Crippen LogP contribution in [0.5, 0.6) is 0 Å². The molecule has 2 rings (SSSR count). The molecule has 2 fully saturated rings. The van der Waals surface area contributed by atoms with Crippen LogP contribution in [-0.4, -0.2) is 161 Å². The summed E-state index contributed by atoms with van der Waals surface area (Å²) in [6, 6.07) is 0. The lowest BCUT2D eigenvalue weighted by Crippen LogP contribution is -3.00. The zero-order chi connectivity index (χ0) is 28.5. The number of aliphatic hydroxyl groups is 7. The number of ether oxygens (including phenoxy) is 5. The number of hydrogen-bond acceptors (Lipinski definition) is 12. The van der Waals surface area contributed by atoms with Crippen molar-refractivity contribution in [3.05, 3.63) is 0 Å². The molecular weight excluding hydrogens is 542 g/mol. The van der Waals surface area contributed by atoms with Crippen LogP contribution < -0.4 is 12.4 Å². The lowest BCUT2D eigenvalue weighted by Gasteiger charge is -2.43. The molecule has 13 nitrogen and oxygen atoms in total. The van der Waals surface area contributed by atoms with Crippen LogP contribution in [0.3, 0.4) is 0 Å². The largest absolute Gasteiger partial charge is 1.00 e. The van der Waals surface area contributed by atoms with Crippen LogP contribution in [0.1, 0.15) is 39.5 Å². The smallest absolute Gasteiger partial charge is 0.186 e. The van der Waals surface area contributed by atoms with Gasteiger partial charge in [0, 0.05) is 6.61 Å². The van der Waals surface area contributed by atoms with Crippen molar-refractivity contribution in [2.75, 3.05) is 53.6 Å². The van der Waals surface area contributed by atoms with Crippen molar-refractivity contribution in [3.8, 4) is 0 Å². The van der Waals surface area contributed by atoms with Crippen LogP contribution in [0.4, 0.5) is 0 Å². The maximum atomic E-state index is 10.4. The van der Waals surface area contributed by atoms with Gasteiger partial charge in [-0.3, -0.25) is 0 Å². The lowest BCUT2D eigenvalue weighted by molar-refractivity contribution is -0.893. The van der Waals surface area contributed by atoms with Crippen molar-refractivity contribution in [1.29, 1.82) is 0 Å². The highest BCUT2D eigenvalue weighted by Crippen LogP contribution is 2.26. The van der Waals surface area contributed by atoms with E-state index in [1.54, 1.807) is 0 Å². The van der Waals surface area contributed by atoms with Gasteiger partial charge in [-0.1, -0.05) is 26.7 Å². The third-order valence-corrected chi connectivity index (χ3v) is 6.96. The number of rotatable bonds is 16. The van der Waals surface area contributed by atoms with Crippen molar-refractivity contribution in [1.82, 2.24) is 0 Å². The first-order valence-corrected chi connectivity index (χ1v) is 13.6. The molecular formula is C25H50ClNO12. The second kappa shape index (κ2) is 17.7. The first kappa shape index (κ1) is 36.8. The molecule has 2 saturated heterocycles. The van der Waals surface area contributed by atoms with Gasteiger partial charge >= 0.3 is 0 Å². The molecule has 0 amide bonds. The van der Waals surface area contributed by atoms with Gasteiger partial charge in [0.15, 0.2) is 12.6 Å². The Kier molecular flexibility index (Phi) is 16.7. The topological polar surface area (TPSA) is 188 Å². The van der Waals surface area contributed by atoms with Gasteiger partial charge in [0.2, 0.25) is 0 Å². The van der Waals surface area contributed by atoms with Crippen LogP contribution >= 0.6 is 0 Å². The highest BCUT2D eigenvalue weighted by Gasteiger charge is 2.47. The first-order chi connectivity index (χ1) is 17.9. The fourth-order valence-electron chi connectivity index (χ4n) is 4.54. The Balaban J connectivity index is 0.00000760. The van der Waals surface area contributed by atoms with E-state index in [1.165, 1.54) is 0 Å². The molecule has 11 atom stereocenters. The summed E-state index contributed by atoms with van der Waals surface area (Å²) in [4.78, 5) is 0. The van der Waals surface area contributed by atoms with Gasteiger partial charge in [-0.05, 0) is 12.8 Å². The minimum atomic E-state index is -1.61. The minimum Gasteiger partial charge on any atom is -1.00 e. The second-order valence-corrected chi connectivity index (χ2v) is 11.0. The molecule has 0 aromatic carbocycles. The lowest BCUT2D eigenvalue weighted by atomic mass is 9.98. The zero-order valence-electron chi connectivity index (χ0n) is 23.4. The van der Waals surface area contributed by atoms with Crippen molar-refractivity contribution in [2.24, 2.45) is 0 Å². The molecule has 2 heterocycles. The van der Waals surface area contributed by atoms with Gasteiger partial charge in [0.25, 0.3) is 0 Å². The van der Waals surface area contributed by atoms with Gasteiger partial charge in [0.1, 0.15) is 61.5 Å². The molecule has 39 heavy (non-hydrogen) atoms. The average molecular weight is 592 g/mol. The molecule has 0 aliphatic carbocycles. The summed E-state index contributed by atoms with van der Waals surface area (Å²) >= 11 is 0. The van der Waals surface area contributed by atoms with Crippen molar-refractivity contribution in [3.63, 3.8) is 0 Å². The first-order valence-electron chi connectivity index (χ1n) is 13.6. The summed E-state index contributed by atoms with van der Waals surface area (Å²) in [5, 5.41) is 72.1. The number of unbranched alkanes of at least 4 members (excludes halogenated alkanes) is 2. The summed E-state index contributed by atoms with van der Waals surface area (Å²) in [6.45, 7) is 5.20. The van der Waals surface area contributed by atoms with E-state index in [9.17, 15) is 35.7 Å². The van der Waals surface area contributed by atoms with Crippen LogP contribution in [0.2, 0.25) is 0 Å². The molecule has 1 unspecified atom stereocenters. The van der Waals surface area contributed by atoms with Gasteiger partial charge in [-0.25, -0.2) is 0 Å². The predicted octanol–water partition coefficient (Wildman–Crippen LogP) is -5.31. The molecule has 0 spiro atoms. The number of quaternary nitrogens is 1. The number of aliphatic hydroxyl groups excluding tert-OH is 7. The van der Waals surface area contributed by atoms with Gasteiger partial charge in [-0.15, -0.1) is 0 Å². The minimum absolute atomic E-state index is 0. The standard InChI is InChI=1S/C25H50NO12.ClH/c1-5-7-9-26(3,4)11-15(27)12-34-13-16-18(28)20(30)23(33)25(37-16)36-14-17-19(29)21(31)22(32)24(38-17)35-10-8-6-2;/h15-25,27-33H,5-14H2,1-4H3;1H/q+1;/p-1/t15?,16-,17-,18-,19-,20+,21+,22-,23-,24-,25+;/m1./s1. The third-order valence-electron chi connectivity index (χ3n) is 6.96. The highest BCUT2D eigenvalue weighted by molar-refractivity contribution is 4.91. The maximum absolute atomic E-state index is 10.4. The van der Waals surface area contributed by atoms with Crippen molar-refractivity contribution in [2.45, 2.75) is 107 Å². The van der Waals surface area contributed by atoms with E-state index in [2.05, 4.69) is 6.92 Å². The Morgan fingerprint density at radius 2 is 1.23 bits per heavy atom. The molecule has 0 saturated carbocycles. The monoisotopic (exact) mass is 591 g/mol. The summed E-state index contributed by atoms with van der Waals surface area (Å²) in [7, 11) is 4.05. The fourth-order valence-corrected chi connectivity index (χ4v) is 4.54. The number of halogens is 1. The van der Waals surface area contributed by atoms with E-state index in [1.807, 2.05) is 21.0 Å². The van der Waals surface area contributed by atoms with E-state index < -0.39 is 67.5 Å². The van der Waals surface area contributed by atoms with Crippen LogP contribution in [0, 0.1) is 0 Å². The van der Waals surface area contributed by atoms with E-state index in [0.717, 1.165) is 25.8 Å². The molecule has 0 bridgehead atoms. The maximum Gasteiger partial charge on any atom is 0.186 e. The molecule has 2 aliphatic rings. The molecule has 14 heteroatoms. The Morgan fingerprint density at radius 1 is 0.718 bits per heavy atom. The van der Waals surface area contributed by atoms with E-state index in [-0.39, 0.29) is 38.8 Å². The van der Waals surface area contributed by atoms with E-state index in [0.29, 0.717) is 17.4 Å². The molecule has 0 radical (unpaired) electrons. The van der Waals surface area contributed by atoms with E-state index >= 15 is 0 Å². The summed E-state index contributed by atoms with van der Waals surface area (Å²) in [6.07, 6.45) is -11.1. The SMILES string of the molecule is CCCCO[C@@H]1O[C@H](CO[C@H]2O[C@H](COCC(O)C[N+](C)(C)CCCC)[C@@H](O)[C@H](O)[C@H]2O)[C@@H](O)[C@H](O)[C@H]1O.[Cl-]. The van der Waals surface area contributed by atoms with E-state index in [4.69, 9.17) is 23.7 Å². The normalized spacial score (nSPS) is 36.4. The van der Waals surface area contributed by atoms with Gasteiger partial charge < -0.3 is 76.3 Å². The zero-order valence-corrected chi connectivity index (χ0v) is 24.2. The highest BCUT2D eigenvalue weighted by atomic mass is 35.5. The summed E-state index contributed by atoms with van der Waals surface area (Å²) in [5.74, 6) is 0. The Labute approximate surface area is 237 Å². The Morgan fingerprint density at radius 3 is 1.77 bits per heavy atom. The third kappa shape index (κ3) is 11.2. The number of hydrogen-bond donors (Lipinski definition) is 7. The average Bonchev–Trinajstić information content (AvgIpc) is 2.87. The molecule has 0 aromatic heterocycles. The van der Waals surface area contributed by atoms with Crippen molar-refractivity contribution >= 4 is 0 Å². The Bertz CT molecular complexity index is 665. The number of likely N-dealkylation sites (N-methyl/N-ethyl adjacent to an activating group) is 1. The quantitative estimate of drug-likeness (QED) is 0.0668. The Hall–Kier alpha value is -0.230. The second-order valence-electron chi connectivity index (χ2n) is 11.0. The fraction of sp³-hybridized carbons (Fsp3) is 1.00. The van der Waals surface area contributed by atoms with Crippen LogP contribution in [-0.2, 0) is 23.7 Å². The molecule has 2 aliphatic heterocycles. The van der Waals surface area contributed by atoms with Crippen LogP contribution in [0.15, 0.2) is 0 Å². The predicted molar refractivity (Wildman–Crippen MR) is 134 cm³/mol. The van der Waals surface area contributed by atoms with Gasteiger partial charge in [0.05, 0.1) is 40.5 Å².